The van der Waals surface area contributed by atoms with Crippen molar-refractivity contribution in [3.8, 4) is 0 Å². The number of hydrogen-bond donors (Lipinski definition) is 2. The van der Waals surface area contributed by atoms with E-state index < -0.39 is 18.1 Å². The molecule has 0 aliphatic heterocycles. The summed E-state index contributed by atoms with van der Waals surface area (Å²) in [7, 11) is 2.23. The quantitative estimate of drug-likeness (QED) is 0.146. The number of aliphatic hydroxyl groups is 2. The van der Waals surface area contributed by atoms with E-state index in [1.165, 1.54) is 0 Å². The van der Waals surface area contributed by atoms with Crippen molar-refractivity contribution in [2.45, 2.75) is 115 Å². The Morgan fingerprint density at radius 2 is 1.83 bits per heavy atom. The maximum atomic E-state index is 14.2. The van der Waals surface area contributed by atoms with E-state index in [2.05, 4.69) is 9.47 Å². The molecule has 1 fully saturated rings. The highest BCUT2D eigenvalue weighted by Gasteiger charge is 2.44. The normalized spacial score (nSPS) is 23.4. The average Bonchev–Trinajstić information content (AvgIpc) is 3.16. The molecule has 1 unspecified atom stereocenters. The molecule has 1 saturated carbocycles. The van der Waals surface area contributed by atoms with E-state index in [9.17, 15) is 23.8 Å². The molecule has 0 spiro atoms. The van der Waals surface area contributed by atoms with Crippen LogP contribution in [0.2, 0.25) is 0 Å². The van der Waals surface area contributed by atoms with Gasteiger partial charge in [-0.05, 0) is 49.5 Å². The molecule has 8 heteroatoms. The van der Waals surface area contributed by atoms with Gasteiger partial charge in [0.1, 0.15) is 12.7 Å². The number of rotatable bonds is 17. The van der Waals surface area contributed by atoms with Crippen LogP contribution >= 0.6 is 9.47 Å². The fourth-order valence-corrected chi connectivity index (χ4v) is 5.38. The van der Waals surface area contributed by atoms with Crippen LogP contribution in [0.5, 0.6) is 0 Å². The summed E-state index contributed by atoms with van der Waals surface area (Å²) in [5.74, 6) is -3.38. The zero-order chi connectivity index (χ0) is 25.7. The van der Waals surface area contributed by atoms with Crippen molar-refractivity contribution in [1.82, 2.24) is 0 Å². The number of unbranched alkanes of at least 4 members (excludes halogenated alkanes) is 4. The fraction of sp³-hybridized carbons (Fsp3) is 0.741. The molecule has 1 aliphatic rings. The highest BCUT2D eigenvalue weighted by molar-refractivity contribution is 7.09. The Bertz CT molecular complexity index is 721. The Hall–Kier alpha value is -1.14. The molecular weight excluding hydrogens is 473 g/mol. The number of aliphatic hydroxyl groups excluding tert-OH is 2. The first-order valence-electron chi connectivity index (χ1n) is 13.1. The van der Waals surface area contributed by atoms with Gasteiger partial charge in [0.2, 0.25) is 0 Å². The molecule has 1 aliphatic carbocycles. The molecule has 0 radical (unpaired) electrons. The van der Waals surface area contributed by atoms with Gasteiger partial charge < -0.3 is 19.5 Å². The van der Waals surface area contributed by atoms with Crippen molar-refractivity contribution in [3.05, 3.63) is 35.9 Å². The van der Waals surface area contributed by atoms with Crippen molar-refractivity contribution in [2.75, 3.05) is 0 Å². The van der Waals surface area contributed by atoms with Gasteiger partial charge in [-0.15, -0.1) is 0 Å². The van der Waals surface area contributed by atoms with E-state index in [1.807, 2.05) is 37.3 Å². The van der Waals surface area contributed by atoms with Crippen LogP contribution in [0, 0.1) is 11.8 Å². The van der Waals surface area contributed by atoms with Crippen LogP contribution in [0.15, 0.2) is 30.3 Å². The lowest BCUT2D eigenvalue weighted by Gasteiger charge is -2.28. The van der Waals surface area contributed by atoms with Gasteiger partial charge in [0.05, 0.1) is 12.2 Å². The average molecular weight is 517 g/mol. The van der Waals surface area contributed by atoms with Crippen molar-refractivity contribution in [3.63, 3.8) is 0 Å². The zero-order valence-electron chi connectivity index (χ0n) is 20.9. The van der Waals surface area contributed by atoms with Crippen molar-refractivity contribution in [1.29, 1.82) is 0 Å². The minimum Gasteiger partial charge on any atom is -0.461 e. The zero-order valence-corrected chi connectivity index (χ0v) is 22.1. The molecule has 0 aromatic heterocycles. The summed E-state index contributed by atoms with van der Waals surface area (Å²) in [6, 6.07) is 9.58. The standard InChI is InChI=1S/C27H43F2O5P/c1-2-3-17-27(28,29)25(31)16-15-22-21(23(30)18-24(22)34-35)13-9-4-5-10-14-26(32)33-19-20-11-7-6-8-12-20/h6-8,11-12,21-25,30-31H,2-5,9-10,13-19,35H2,1H3/t21-,22-,23+,24-,25-/m1/s1. The molecule has 35 heavy (non-hydrogen) atoms. The van der Waals surface area contributed by atoms with Crippen molar-refractivity contribution in [2.24, 2.45) is 11.8 Å². The second kappa shape index (κ2) is 15.9. The maximum absolute atomic E-state index is 14.2. The molecule has 6 atom stereocenters. The Morgan fingerprint density at radius 1 is 1.11 bits per heavy atom. The number of carbonyl (C=O) groups is 1. The lowest BCUT2D eigenvalue weighted by molar-refractivity contribution is -0.145. The van der Waals surface area contributed by atoms with Crippen LogP contribution in [0.4, 0.5) is 8.78 Å². The lowest BCUT2D eigenvalue weighted by Crippen LogP contribution is -2.35. The van der Waals surface area contributed by atoms with E-state index in [4.69, 9.17) is 9.26 Å². The van der Waals surface area contributed by atoms with Crippen molar-refractivity contribution < 1.29 is 33.0 Å². The van der Waals surface area contributed by atoms with Gasteiger partial charge in [-0.1, -0.05) is 62.9 Å². The molecule has 200 valence electrons. The highest BCUT2D eigenvalue weighted by Crippen LogP contribution is 2.42. The van der Waals surface area contributed by atoms with E-state index in [1.54, 1.807) is 0 Å². The largest absolute Gasteiger partial charge is 0.461 e. The summed E-state index contributed by atoms with van der Waals surface area (Å²) < 4.78 is 39.1. The Labute approximate surface area is 211 Å². The first-order valence-corrected chi connectivity index (χ1v) is 13.5. The molecule has 0 saturated heterocycles. The van der Waals surface area contributed by atoms with Crippen LogP contribution < -0.4 is 0 Å². The molecule has 2 N–H and O–H groups in total. The van der Waals surface area contributed by atoms with Gasteiger partial charge in [-0.2, -0.15) is 0 Å². The molecule has 1 aromatic rings. The number of ether oxygens (including phenoxy) is 1. The number of benzene rings is 1. The third-order valence-corrected chi connectivity index (χ3v) is 7.56. The summed E-state index contributed by atoms with van der Waals surface area (Å²) in [4.78, 5) is 11.9. The Kier molecular flexibility index (Phi) is 13.6. The lowest BCUT2D eigenvalue weighted by atomic mass is 9.84. The van der Waals surface area contributed by atoms with Gasteiger partial charge in [0, 0.05) is 28.7 Å². The van der Waals surface area contributed by atoms with Crippen LogP contribution in [-0.2, 0) is 20.7 Å². The second-order valence-corrected chi connectivity index (χ2v) is 10.1. The molecule has 5 nitrogen and oxygen atoms in total. The summed E-state index contributed by atoms with van der Waals surface area (Å²) in [5, 5.41) is 20.7. The molecule has 1 aromatic carbocycles. The minimum absolute atomic E-state index is 0.000219. The summed E-state index contributed by atoms with van der Waals surface area (Å²) in [5.41, 5.74) is 0.968. The molecule has 0 bridgehead atoms. The number of alkyl halides is 2. The summed E-state index contributed by atoms with van der Waals surface area (Å²) >= 11 is 0. The molecule has 0 heterocycles. The maximum Gasteiger partial charge on any atom is 0.306 e. The second-order valence-electron chi connectivity index (χ2n) is 9.86. The third-order valence-electron chi connectivity index (χ3n) is 7.21. The fourth-order valence-electron chi connectivity index (χ4n) is 5.07. The van der Waals surface area contributed by atoms with Gasteiger partial charge >= 0.3 is 5.97 Å². The summed E-state index contributed by atoms with van der Waals surface area (Å²) in [6.45, 7) is 2.14. The van der Waals surface area contributed by atoms with Crippen LogP contribution in [0.1, 0.15) is 89.5 Å². The van der Waals surface area contributed by atoms with Gasteiger partial charge in [-0.3, -0.25) is 4.79 Å². The van der Waals surface area contributed by atoms with Gasteiger partial charge in [-0.25, -0.2) is 8.78 Å². The number of halogens is 2. The monoisotopic (exact) mass is 516 g/mol. The summed E-state index contributed by atoms with van der Waals surface area (Å²) in [6.07, 6.45) is 3.82. The van der Waals surface area contributed by atoms with Gasteiger partial charge in [0.25, 0.3) is 5.92 Å². The SMILES string of the molecule is CCCCC(F)(F)[C@H](O)CC[C@@H]1[C@@H](CCCCCCC(=O)OCc2ccccc2)[C@@H](O)C[C@H]1OP. The van der Waals surface area contributed by atoms with E-state index in [0.29, 0.717) is 38.7 Å². The first-order chi connectivity index (χ1) is 16.8. The number of hydrogen-bond acceptors (Lipinski definition) is 5. The van der Waals surface area contributed by atoms with Crippen LogP contribution in [0.25, 0.3) is 0 Å². The van der Waals surface area contributed by atoms with Gasteiger partial charge in [0.15, 0.2) is 0 Å². The third kappa shape index (κ3) is 10.4. The smallest absolute Gasteiger partial charge is 0.306 e. The topological polar surface area (TPSA) is 76.0 Å². The first kappa shape index (κ1) is 30.1. The molecular formula is C27H43F2O5P. The molecule has 2 rings (SSSR count). The highest BCUT2D eigenvalue weighted by atomic mass is 31.0. The number of esters is 1. The predicted octanol–water partition coefficient (Wildman–Crippen LogP) is 6.21. The van der Waals surface area contributed by atoms with Crippen LogP contribution in [0.3, 0.4) is 0 Å². The van der Waals surface area contributed by atoms with E-state index in [-0.39, 0.29) is 36.8 Å². The van der Waals surface area contributed by atoms with Crippen molar-refractivity contribution >= 4 is 15.4 Å². The van der Waals surface area contributed by atoms with E-state index in [0.717, 1.165) is 37.7 Å². The molecule has 0 amide bonds. The Balaban J connectivity index is 1.69. The predicted molar refractivity (Wildman–Crippen MR) is 136 cm³/mol. The van der Waals surface area contributed by atoms with Crippen LogP contribution in [-0.4, -0.2) is 40.4 Å². The van der Waals surface area contributed by atoms with E-state index >= 15 is 0 Å². The minimum atomic E-state index is -3.08. The number of carbonyl (C=O) groups excluding carboxylic acids is 1. The Morgan fingerprint density at radius 3 is 2.51 bits per heavy atom.